The maximum Gasteiger partial charge on any atom is -0.0244 e. The molecule has 2 aliphatic carbocycles. The average molecular weight is 208 g/mol. The van der Waals surface area contributed by atoms with E-state index >= 15 is 0 Å². The van der Waals surface area contributed by atoms with E-state index in [1.165, 1.54) is 32.1 Å². The van der Waals surface area contributed by atoms with E-state index < -0.39 is 0 Å². The molecule has 2 bridgehead atoms. The van der Waals surface area contributed by atoms with Gasteiger partial charge in [0.05, 0.1) is 0 Å². The molecular weight excluding hydrogens is 180 g/mol. The minimum Gasteiger partial charge on any atom is -0.0651 e. The van der Waals surface area contributed by atoms with Crippen LogP contribution >= 0.6 is 0 Å². The minimum absolute atomic E-state index is 0.580. The Morgan fingerprint density at radius 3 is 2.33 bits per heavy atom. The van der Waals surface area contributed by atoms with Crippen LogP contribution in [0.25, 0.3) is 0 Å². The predicted molar refractivity (Wildman–Crippen MR) is 66.8 cm³/mol. The lowest BCUT2D eigenvalue weighted by atomic mass is 9.59. The summed E-state index contributed by atoms with van der Waals surface area (Å²) in [4.78, 5) is 0. The number of hydrogen-bond acceptors (Lipinski definition) is 0. The van der Waals surface area contributed by atoms with E-state index in [0.29, 0.717) is 10.8 Å². The van der Waals surface area contributed by atoms with Gasteiger partial charge in [-0.05, 0) is 54.3 Å². The predicted octanol–water partition coefficient (Wildman–Crippen LogP) is 4.89. The van der Waals surface area contributed by atoms with Crippen molar-refractivity contribution < 1.29 is 0 Å². The van der Waals surface area contributed by atoms with E-state index in [1.807, 2.05) is 0 Å². The van der Waals surface area contributed by atoms with Crippen LogP contribution in [0.4, 0.5) is 0 Å². The summed E-state index contributed by atoms with van der Waals surface area (Å²) in [6.45, 7) is 12.6. The zero-order valence-corrected chi connectivity index (χ0v) is 11.3. The zero-order valence-electron chi connectivity index (χ0n) is 11.3. The van der Waals surface area contributed by atoms with Crippen LogP contribution in [0.3, 0.4) is 0 Å². The van der Waals surface area contributed by atoms with Gasteiger partial charge in [-0.25, -0.2) is 0 Å². The van der Waals surface area contributed by atoms with Gasteiger partial charge in [-0.15, -0.1) is 0 Å². The van der Waals surface area contributed by atoms with Crippen LogP contribution < -0.4 is 0 Å². The molecule has 2 saturated carbocycles. The maximum absolute atomic E-state index is 2.58. The van der Waals surface area contributed by atoms with Crippen molar-refractivity contribution in [3.63, 3.8) is 0 Å². The summed E-state index contributed by atoms with van der Waals surface area (Å²) in [5, 5.41) is 0. The molecule has 0 heteroatoms. The first-order valence-electron chi connectivity index (χ1n) is 6.93. The van der Waals surface area contributed by atoms with Crippen LogP contribution in [-0.4, -0.2) is 0 Å². The highest BCUT2D eigenvalue weighted by Crippen LogP contribution is 2.64. The molecule has 0 saturated heterocycles. The van der Waals surface area contributed by atoms with Crippen LogP contribution in [0.5, 0.6) is 0 Å². The molecular formula is C15H28. The Morgan fingerprint density at radius 2 is 1.73 bits per heavy atom. The lowest BCUT2D eigenvalue weighted by Crippen LogP contribution is -2.39. The third kappa shape index (κ3) is 1.40. The molecule has 0 aromatic rings. The smallest absolute Gasteiger partial charge is 0.0244 e. The molecule has 15 heavy (non-hydrogen) atoms. The second-order valence-corrected chi connectivity index (χ2v) is 6.91. The third-order valence-corrected chi connectivity index (χ3v) is 6.63. The van der Waals surface area contributed by atoms with Gasteiger partial charge in [0.1, 0.15) is 0 Å². The molecule has 0 heterocycles. The second kappa shape index (κ2) is 3.50. The van der Waals surface area contributed by atoms with Crippen molar-refractivity contribution in [3.8, 4) is 0 Å². The molecule has 4 atom stereocenters. The Labute approximate surface area is 95.8 Å². The number of rotatable bonds is 1. The van der Waals surface area contributed by atoms with Crippen LogP contribution in [0.1, 0.15) is 66.7 Å². The Hall–Kier alpha value is 0. The quantitative estimate of drug-likeness (QED) is 0.576. The third-order valence-electron chi connectivity index (χ3n) is 6.63. The summed E-state index contributed by atoms with van der Waals surface area (Å²) in [7, 11) is 0. The minimum atomic E-state index is 0.580. The Kier molecular flexibility index (Phi) is 2.68. The number of hydrogen-bond donors (Lipinski definition) is 0. The fraction of sp³-hybridized carbons (Fsp3) is 1.00. The van der Waals surface area contributed by atoms with E-state index in [4.69, 9.17) is 0 Å². The average Bonchev–Trinajstić information content (AvgIpc) is 2.37. The largest absolute Gasteiger partial charge is 0.0651 e. The van der Waals surface area contributed by atoms with E-state index in [1.54, 1.807) is 0 Å². The monoisotopic (exact) mass is 208 g/mol. The molecule has 0 aromatic carbocycles. The van der Waals surface area contributed by atoms with E-state index in [2.05, 4.69) is 34.6 Å². The lowest BCUT2D eigenvalue weighted by Gasteiger charge is -2.46. The van der Waals surface area contributed by atoms with Gasteiger partial charge in [-0.1, -0.05) is 41.0 Å². The normalized spacial score (nSPS) is 49.0. The lowest BCUT2D eigenvalue weighted by molar-refractivity contribution is 0.0258. The van der Waals surface area contributed by atoms with Gasteiger partial charge in [0.15, 0.2) is 0 Å². The number of fused-ring (bicyclic) bond motifs is 2. The van der Waals surface area contributed by atoms with Gasteiger partial charge in [0.2, 0.25) is 0 Å². The van der Waals surface area contributed by atoms with Crippen molar-refractivity contribution in [1.29, 1.82) is 0 Å². The Morgan fingerprint density at radius 1 is 1.07 bits per heavy atom. The van der Waals surface area contributed by atoms with Crippen LogP contribution in [0.2, 0.25) is 0 Å². The van der Waals surface area contributed by atoms with Crippen molar-refractivity contribution in [2.75, 3.05) is 0 Å². The van der Waals surface area contributed by atoms with Gasteiger partial charge < -0.3 is 0 Å². The molecule has 2 fully saturated rings. The molecule has 0 aromatic heterocycles. The summed E-state index contributed by atoms with van der Waals surface area (Å²) in [6.07, 6.45) is 7.33. The summed E-state index contributed by atoms with van der Waals surface area (Å²) in [6, 6.07) is 0. The standard InChI is InChI=1S/C15H28/c1-6-12-7-8-13-9-10-15(5,11(12)2)14(13,3)4/h11-13H,6-10H2,1-5H3. The fourth-order valence-electron chi connectivity index (χ4n) is 4.69. The van der Waals surface area contributed by atoms with Gasteiger partial charge in [-0.2, -0.15) is 0 Å². The highest BCUT2D eigenvalue weighted by molar-refractivity contribution is 5.05. The second-order valence-electron chi connectivity index (χ2n) is 6.91. The van der Waals surface area contributed by atoms with Crippen molar-refractivity contribution in [2.24, 2.45) is 28.6 Å². The first-order chi connectivity index (χ1) is 6.93. The first-order valence-corrected chi connectivity index (χ1v) is 6.93. The van der Waals surface area contributed by atoms with Crippen molar-refractivity contribution >= 4 is 0 Å². The summed E-state index contributed by atoms with van der Waals surface area (Å²) < 4.78 is 0. The fourth-order valence-corrected chi connectivity index (χ4v) is 4.69. The van der Waals surface area contributed by atoms with Crippen LogP contribution in [0, 0.1) is 28.6 Å². The SMILES string of the molecule is CCC1CCC2CCC(C)(C1C)C2(C)C. The highest BCUT2D eigenvalue weighted by atomic mass is 14.6. The van der Waals surface area contributed by atoms with Crippen LogP contribution in [0.15, 0.2) is 0 Å². The molecule has 0 nitrogen and oxygen atoms in total. The molecule has 0 amide bonds. The van der Waals surface area contributed by atoms with E-state index in [-0.39, 0.29) is 0 Å². The summed E-state index contributed by atoms with van der Waals surface area (Å²) in [5.74, 6) is 2.91. The maximum atomic E-state index is 2.58. The molecule has 2 aliphatic rings. The summed E-state index contributed by atoms with van der Waals surface area (Å²) in [5.41, 5.74) is 1.19. The molecule has 0 spiro atoms. The van der Waals surface area contributed by atoms with Gasteiger partial charge in [0, 0.05) is 0 Å². The molecule has 4 unspecified atom stereocenters. The zero-order chi connectivity index (χ0) is 11.3. The van der Waals surface area contributed by atoms with E-state index in [9.17, 15) is 0 Å². The molecule has 0 N–H and O–H groups in total. The van der Waals surface area contributed by atoms with Gasteiger partial charge in [-0.3, -0.25) is 0 Å². The Balaban J connectivity index is 2.35. The molecule has 0 radical (unpaired) electrons. The summed E-state index contributed by atoms with van der Waals surface area (Å²) >= 11 is 0. The van der Waals surface area contributed by atoms with Gasteiger partial charge in [0.25, 0.3) is 0 Å². The van der Waals surface area contributed by atoms with Crippen molar-refractivity contribution in [2.45, 2.75) is 66.7 Å². The Bertz CT molecular complexity index is 240. The molecule has 88 valence electrons. The van der Waals surface area contributed by atoms with E-state index in [0.717, 1.165) is 17.8 Å². The topological polar surface area (TPSA) is 0 Å². The molecule has 0 aliphatic heterocycles. The van der Waals surface area contributed by atoms with Gasteiger partial charge >= 0.3 is 0 Å². The van der Waals surface area contributed by atoms with Crippen molar-refractivity contribution in [1.82, 2.24) is 0 Å². The van der Waals surface area contributed by atoms with Crippen molar-refractivity contribution in [3.05, 3.63) is 0 Å². The molecule has 2 rings (SSSR count). The first kappa shape index (κ1) is 11.5. The highest BCUT2D eigenvalue weighted by Gasteiger charge is 2.56. The van der Waals surface area contributed by atoms with Crippen LogP contribution in [-0.2, 0) is 0 Å².